The van der Waals surface area contributed by atoms with E-state index in [9.17, 15) is 0 Å². The lowest BCUT2D eigenvalue weighted by Gasteiger charge is -1.89. The summed E-state index contributed by atoms with van der Waals surface area (Å²) in [5.74, 6) is 2.51. The zero-order valence-electron chi connectivity index (χ0n) is 13.5. The number of aromatic amines is 4. The van der Waals surface area contributed by atoms with Gasteiger partial charge in [-0.05, 0) is 24.3 Å². The molecule has 25 heavy (non-hydrogen) atoms. The Morgan fingerprint density at radius 1 is 0.800 bits per heavy atom. The largest absolute Gasteiger partial charge is 0.287 e. The van der Waals surface area contributed by atoms with Gasteiger partial charge >= 0.3 is 0 Å². The SMILES string of the molecule is NC(=[NH2+])c1ccc2[nH+]c(Cc3[nH]c4cc(C(N)=[NH2+])ccc4[nH+]3)[nH]c2c1. The molecule has 0 atom stereocenters. The van der Waals surface area contributed by atoms with Crippen molar-refractivity contribution >= 4 is 33.7 Å². The molecule has 0 aliphatic carbocycles. The van der Waals surface area contributed by atoms with E-state index < -0.39 is 0 Å². The van der Waals surface area contributed by atoms with Gasteiger partial charge in [-0.3, -0.25) is 22.3 Å². The van der Waals surface area contributed by atoms with Gasteiger partial charge in [0.15, 0.2) is 28.5 Å². The second-order valence-electron chi connectivity index (χ2n) is 6.07. The number of imidazole rings is 2. The summed E-state index contributed by atoms with van der Waals surface area (Å²) in [6, 6.07) is 11.5. The molecule has 0 amide bonds. The van der Waals surface area contributed by atoms with Gasteiger partial charge in [-0.2, -0.15) is 0 Å². The van der Waals surface area contributed by atoms with Crippen LogP contribution in [-0.4, -0.2) is 21.6 Å². The number of hydrogen-bond donors (Lipinski definition) is 6. The second-order valence-corrected chi connectivity index (χ2v) is 6.07. The fourth-order valence-electron chi connectivity index (χ4n) is 2.94. The number of nitrogens with two attached hydrogens (primary N) is 4. The number of nitrogens with one attached hydrogen (secondary N) is 4. The summed E-state index contributed by atoms with van der Waals surface area (Å²) in [7, 11) is 0. The minimum Gasteiger partial charge on any atom is -0.287 e. The van der Waals surface area contributed by atoms with E-state index in [4.69, 9.17) is 22.3 Å². The lowest BCUT2D eigenvalue weighted by atomic mass is 10.2. The van der Waals surface area contributed by atoms with Crippen LogP contribution in [0.15, 0.2) is 36.4 Å². The Balaban J connectivity index is 1.67. The van der Waals surface area contributed by atoms with Crippen LogP contribution < -0.4 is 32.3 Å². The van der Waals surface area contributed by atoms with Crippen molar-refractivity contribution in [2.24, 2.45) is 11.5 Å². The van der Waals surface area contributed by atoms with Gasteiger partial charge in [0.1, 0.15) is 0 Å². The van der Waals surface area contributed by atoms with Gasteiger partial charge in [-0.25, -0.2) is 19.9 Å². The number of benzene rings is 2. The smallest absolute Gasteiger partial charge is 0.270 e. The molecule has 0 fully saturated rings. The average molecular weight is 336 g/mol. The minimum atomic E-state index is 0.300. The highest BCUT2D eigenvalue weighted by Gasteiger charge is 2.18. The van der Waals surface area contributed by atoms with Crippen molar-refractivity contribution < 1.29 is 20.8 Å². The Hall–Kier alpha value is -3.68. The van der Waals surface area contributed by atoms with E-state index in [0.717, 1.165) is 44.8 Å². The highest BCUT2D eigenvalue weighted by molar-refractivity contribution is 5.96. The normalized spacial score (nSPS) is 11.2. The first-order chi connectivity index (χ1) is 12.0. The molecular formula is C17H20N8+4. The van der Waals surface area contributed by atoms with Crippen molar-refractivity contribution in [2.75, 3.05) is 0 Å². The molecule has 4 rings (SSSR count). The van der Waals surface area contributed by atoms with Crippen LogP contribution in [0.3, 0.4) is 0 Å². The fourth-order valence-corrected chi connectivity index (χ4v) is 2.94. The van der Waals surface area contributed by atoms with Gasteiger partial charge in [-0.15, -0.1) is 0 Å². The molecule has 0 aliphatic rings. The Morgan fingerprint density at radius 2 is 1.24 bits per heavy atom. The van der Waals surface area contributed by atoms with E-state index in [1.165, 1.54) is 0 Å². The molecule has 2 aromatic carbocycles. The van der Waals surface area contributed by atoms with E-state index in [-0.39, 0.29) is 0 Å². The standard InChI is InChI=1S/C17H16N8/c18-16(19)8-1-3-10-12(5-8)24-14(22-10)7-15-23-11-4-2-9(17(20)21)6-13(11)25-15/h1-6H,7H2,(H3,18,19)(H3,20,21)(H,22,24)(H,23,25)/p+4. The zero-order valence-corrected chi connectivity index (χ0v) is 13.5. The maximum absolute atomic E-state index is 5.65. The third-order valence-electron chi connectivity index (χ3n) is 4.20. The molecule has 4 aromatic rings. The van der Waals surface area contributed by atoms with E-state index in [1.807, 2.05) is 36.4 Å². The Kier molecular flexibility index (Phi) is 3.24. The first kappa shape index (κ1) is 14.9. The van der Waals surface area contributed by atoms with Gasteiger partial charge in [0.05, 0.1) is 11.1 Å². The number of rotatable bonds is 4. The minimum absolute atomic E-state index is 0.300. The molecular weight excluding hydrogens is 316 g/mol. The summed E-state index contributed by atoms with van der Waals surface area (Å²) in [4.78, 5) is 13.4. The van der Waals surface area contributed by atoms with E-state index in [1.54, 1.807) is 0 Å². The fraction of sp³-hybridized carbons (Fsp3) is 0.0588. The Bertz CT molecular complexity index is 1040. The number of H-pyrrole nitrogens is 4. The number of amidine groups is 2. The predicted octanol–water partition coefficient (Wildman–Crippen LogP) is -3.20. The summed E-state index contributed by atoms with van der Waals surface area (Å²) >= 11 is 0. The van der Waals surface area contributed by atoms with Gasteiger partial charge < -0.3 is 0 Å². The van der Waals surface area contributed by atoms with Gasteiger partial charge in [0.25, 0.3) is 23.3 Å². The molecule has 0 saturated heterocycles. The van der Waals surface area contributed by atoms with Crippen molar-refractivity contribution in [3.05, 3.63) is 59.2 Å². The molecule has 0 saturated carbocycles. The molecule has 2 heterocycles. The molecule has 2 aromatic heterocycles. The summed E-state index contributed by atoms with van der Waals surface area (Å²) in [6.07, 6.45) is 0.650. The van der Waals surface area contributed by atoms with Crippen molar-refractivity contribution in [3.8, 4) is 0 Å². The van der Waals surface area contributed by atoms with Crippen molar-refractivity contribution in [1.82, 2.24) is 9.97 Å². The van der Waals surface area contributed by atoms with Crippen LogP contribution in [0, 0.1) is 0 Å². The number of aromatic nitrogens is 4. The van der Waals surface area contributed by atoms with Crippen LogP contribution in [0.2, 0.25) is 0 Å². The molecule has 12 N–H and O–H groups in total. The molecule has 8 nitrogen and oxygen atoms in total. The third-order valence-corrected chi connectivity index (χ3v) is 4.20. The first-order valence-corrected chi connectivity index (χ1v) is 7.84. The number of hydrogen-bond acceptors (Lipinski definition) is 0. The molecule has 8 heteroatoms. The molecule has 0 bridgehead atoms. The van der Waals surface area contributed by atoms with Gasteiger partial charge in [0, 0.05) is 12.1 Å². The second kappa shape index (κ2) is 5.45. The topological polar surface area (TPSA) is 163 Å². The van der Waals surface area contributed by atoms with E-state index in [2.05, 4.69) is 19.9 Å². The highest BCUT2D eigenvalue weighted by atomic mass is 15.0. The van der Waals surface area contributed by atoms with E-state index >= 15 is 0 Å². The van der Waals surface area contributed by atoms with Gasteiger partial charge in [-0.1, -0.05) is 0 Å². The molecule has 124 valence electrons. The molecule has 0 unspecified atom stereocenters. The summed E-state index contributed by atoms with van der Waals surface area (Å²) < 4.78 is 0. The lowest BCUT2D eigenvalue weighted by Crippen LogP contribution is -2.46. The maximum atomic E-state index is 5.65. The average Bonchev–Trinajstić information content (AvgIpc) is 3.15. The molecule has 0 spiro atoms. The highest BCUT2D eigenvalue weighted by Crippen LogP contribution is 2.13. The van der Waals surface area contributed by atoms with Crippen molar-refractivity contribution in [3.63, 3.8) is 0 Å². The molecule has 0 radical (unpaired) electrons. The summed E-state index contributed by atoms with van der Waals surface area (Å²) in [6.45, 7) is 0. The lowest BCUT2D eigenvalue weighted by molar-refractivity contribution is -0.375. The van der Waals surface area contributed by atoms with Crippen LogP contribution in [0.25, 0.3) is 22.1 Å². The summed E-state index contributed by atoms with van der Waals surface area (Å²) in [5.41, 5.74) is 16.8. The zero-order chi connectivity index (χ0) is 17.6. The van der Waals surface area contributed by atoms with Crippen LogP contribution in [0.4, 0.5) is 0 Å². The first-order valence-electron chi connectivity index (χ1n) is 7.84. The quantitative estimate of drug-likeness (QED) is 0.171. The van der Waals surface area contributed by atoms with Crippen LogP contribution >= 0.6 is 0 Å². The molecule has 0 aliphatic heterocycles. The van der Waals surface area contributed by atoms with Gasteiger partial charge in [0.2, 0.25) is 0 Å². The maximum Gasteiger partial charge on any atom is 0.270 e. The van der Waals surface area contributed by atoms with Crippen LogP contribution in [0.5, 0.6) is 0 Å². The van der Waals surface area contributed by atoms with Crippen LogP contribution in [0.1, 0.15) is 22.8 Å². The Morgan fingerprint density at radius 3 is 1.64 bits per heavy atom. The third kappa shape index (κ3) is 2.69. The predicted molar refractivity (Wildman–Crippen MR) is 93.0 cm³/mol. The number of fused-ring (bicyclic) bond motifs is 2. The Labute approximate surface area is 142 Å². The summed E-state index contributed by atoms with van der Waals surface area (Å²) in [5, 5.41) is 11.3. The van der Waals surface area contributed by atoms with Crippen molar-refractivity contribution in [2.45, 2.75) is 6.42 Å². The van der Waals surface area contributed by atoms with E-state index in [0.29, 0.717) is 18.1 Å². The van der Waals surface area contributed by atoms with Crippen LogP contribution in [-0.2, 0) is 6.42 Å². The van der Waals surface area contributed by atoms with Crippen molar-refractivity contribution in [1.29, 1.82) is 0 Å². The monoisotopic (exact) mass is 336 g/mol.